The highest BCUT2D eigenvalue weighted by molar-refractivity contribution is 7.99. The number of hydrogen-bond acceptors (Lipinski definition) is 6. The molecular weight excluding hydrogens is 376 g/mol. The van der Waals surface area contributed by atoms with Crippen molar-refractivity contribution >= 4 is 17.4 Å². The van der Waals surface area contributed by atoms with Crippen LogP contribution in [0.4, 0.5) is 5.69 Å². The first-order valence-electron chi connectivity index (χ1n) is 9.04. The Bertz CT molecular complexity index is 1080. The number of rotatable bonds is 5. The molecule has 0 unspecified atom stereocenters. The quantitative estimate of drug-likeness (QED) is 0.453. The Morgan fingerprint density at radius 1 is 1.29 bits per heavy atom. The standard InChI is InChI=1S/C20H20N4O3S/c1-3-10-28-20-22-19(26)17-13-6-4-5-7-14(13)21-18(24(17)23-20)12-8-9-16(27-2)15(25)11-12/h4-9,11,18H,3,10H2,1-2H3,(H2,22,23,25,26)/p+1/t18-/m0/s1. The number of thioether (sulfide) groups is 1. The fourth-order valence-electron chi connectivity index (χ4n) is 3.26. The molecule has 144 valence electrons. The minimum atomic E-state index is -0.440. The molecule has 28 heavy (non-hydrogen) atoms. The van der Waals surface area contributed by atoms with Gasteiger partial charge in [-0.3, -0.25) is 9.78 Å². The predicted octanol–water partition coefficient (Wildman–Crippen LogP) is 2.91. The van der Waals surface area contributed by atoms with Crippen LogP contribution in [0.5, 0.6) is 11.5 Å². The number of ether oxygens (including phenoxy) is 1. The number of anilines is 1. The van der Waals surface area contributed by atoms with Gasteiger partial charge in [-0.1, -0.05) is 30.8 Å². The van der Waals surface area contributed by atoms with Crippen molar-refractivity contribution in [3.05, 3.63) is 58.4 Å². The van der Waals surface area contributed by atoms with Gasteiger partial charge < -0.3 is 15.2 Å². The Hall–Kier alpha value is -3.00. The van der Waals surface area contributed by atoms with E-state index in [1.54, 1.807) is 16.8 Å². The van der Waals surface area contributed by atoms with Crippen molar-refractivity contribution in [2.75, 3.05) is 18.2 Å². The molecule has 2 aromatic carbocycles. The number of nitrogens with one attached hydrogen (secondary N) is 2. The zero-order chi connectivity index (χ0) is 19.7. The van der Waals surface area contributed by atoms with Crippen molar-refractivity contribution in [3.8, 4) is 22.8 Å². The molecule has 0 aliphatic carbocycles. The smallest absolute Gasteiger partial charge is 0.325 e. The van der Waals surface area contributed by atoms with Gasteiger partial charge in [0.2, 0.25) is 5.16 Å². The summed E-state index contributed by atoms with van der Waals surface area (Å²) in [6.45, 7) is 2.08. The van der Waals surface area contributed by atoms with Gasteiger partial charge in [0.15, 0.2) is 11.5 Å². The lowest BCUT2D eigenvalue weighted by Crippen LogP contribution is -2.55. The first-order valence-corrected chi connectivity index (χ1v) is 10.0. The van der Waals surface area contributed by atoms with Gasteiger partial charge in [-0.05, 0) is 41.4 Å². The second-order valence-electron chi connectivity index (χ2n) is 6.42. The van der Waals surface area contributed by atoms with E-state index in [2.05, 4.69) is 22.3 Å². The third-order valence-electron chi connectivity index (χ3n) is 4.54. The second-order valence-corrected chi connectivity index (χ2v) is 7.51. The largest absolute Gasteiger partial charge is 0.504 e. The summed E-state index contributed by atoms with van der Waals surface area (Å²) in [6.07, 6.45) is 0.539. The summed E-state index contributed by atoms with van der Waals surface area (Å²) >= 11 is 1.51. The summed E-state index contributed by atoms with van der Waals surface area (Å²) in [4.78, 5) is 15.8. The molecule has 0 saturated heterocycles. The van der Waals surface area contributed by atoms with Gasteiger partial charge >= 0.3 is 11.3 Å². The zero-order valence-electron chi connectivity index (χ0n) is 15.6. The average molecular weight is 397 g/mol. The first-order chi connectivity index (χ1) is 13.6. The topological polar surface area (TPSA) is 91.1 Å². The molecule has 8 heteroatoms. The summed E-state index contributed by atoms with van der Waals surface area (Å²) in [7, 11) is 1.51. The molecule has 1 atom stereocenters. The Morgan fingerprint density at radius 3 is 2.86 bits per heavy atom. The second kappa shape index (κ2) is 7.55. The van der Waals surface area contributed by atoms with Crippen molar-refractivity contribution < 1.29 is 14.5 Å². The molecule has 3 N–H and O–H groups in total. The van der Waals surface area contributed by atoms with Crippen LogP contribution in [0.25, 0.3) is 11.3 Å². The normalized spacial score (nSPS) is 14.7. The number of para-hydroxylation sites is 1. The van der Waals surface area contributed by atoms with Gasteiger partial charge in [-0.25, -0.2) is 0 Å². The van der Waals surface area contributed by atoms with Crippen LogP contribution >= 0.6 is 11.8 Å². The fourth-order valence-corrected chi connectivity index (χ4v) is 3.96. The Balaban J connectivity index is 1.89. The van der Waals surface area contributed by atoms with Crippen LogP contribution < -0.4 is 20.3 Å². The number of aromatic amines is 1. The number of benzene rings is 2. The Kier molecular flexibility index (Phi) is 4.95. The van der Waals surface area contributed by atoms with Crippen LogP contribution in [-0.2, 0) is 0 Å². The summed E-state index contributed by atoms with van der Waals surface area (Å²) in [6, 6.07) is 12.8. The SMILES string of the molecule is CCCSc1n[n+]2c(c(=O)[nH]1)-c1ccccc1N[C@@H]2c1ccc(OC)c(O)c1. The van der Waals surface area contributed by atoms with Gasteiger partial charge in [-0.2, -0.15) is 0 Å². The van der Waals surface area contributed by atoms with Gasteiger partial charge in [-0.15, -0.1) is 0 Å². The number of aromatic hydroxyl groups is 1. The van der Waals surface area contributed by atoms with E-state index in [1.165, 1.54) is 18.9 Å². The van der Waals surface area contributed by atoms with Crippen molar-refractivity contribution in [1.82, 2.24) is 10.1 Å². The lowest BCUT2D eigenvalue weighted by molar-refractivity contribution is -0.759. The monoisotopic (exact) mass is 397 g/mol. The molecule has 0 spiro atoms. The Morgan fingerprint density at radius 2 is 2.11 bits per heavy atom. The fraction of sp³-hybridized carbons (Fsp3) is 0.250. The van der Waals surface area contributed by atoms with Crippen LogP contribution in [0.15, 0.2) is 52.4 Å². The maximum absolute atomic E-state index is 12.9. The Labute approximate surface area is 166 Å². The van der Waals surface area contributed by atoms with Gasteiger partial charge in [0, 0.05) is 16.4 Å². The maximum atomic E-state index is 12.9. The number of hydrogen-bond donors (Lipinski definition) is 3. The zero-order valence-corrected chi connectivity index (χ0v) is 16.4. The van der Waals surface area contributed by atoms with E-state index in [1.807, 2.05) is 30.3 Å². The van der Waals surface area contributed by atoms with E-state index in [9.17, 15) is 9.90 Å². The third kappa shape index (κ3) is 3.20. The number of nitrogens with zero attached hydrogens (tertiary/aromatic N) is 2. The molecule has 0 radical (unpaired) electrons. The van der Waals surface area contributed by atoms with E-state index in [0.29, 0.717) is 16.6 Å². The lowest BCUT2D eigenvalue weighted by Gasteiger charge is -2.22. The number of H-pyrrole nitrogens is 1. The van der Waals surface area contributed by atoms with E-state index >= 15 is 0 Å². The number of methoxy groups -OCH3 is 1. The number of fused-ring (bicyclic) bond motifs is 3. The van der Waals surface area contributed by atoms with Crippen LogP contribution in [-0.4, -0.2) is 28.1 Å². The molecule has 3 aromatic rings. The minimum absolute atomic E-state index is 0.0354. The average Bonchev–Trinajstić information content (AvgIpc) is 2.71. The van der Waals surface area contributed by atoms with E-state index in [4.69, 9.17) is 4.74 Å². The summed E-state index contributed by atoms with van der Waals surface area (Å²) in [5.41, 5.74) is 2.69. The van der Waals surface area contributed by atoms with Crippen LogP contribution in [0.1, 0.15) is 25.1 Å². The molecule has 7 nitrogen and oxygen atoms in total. The summed E-state index contributed by atoms with van der Waals surface area (Å²) < 4.78 is 6.84. The van der Waals surface area contributed by atoms with Crippen molar-refractivity contribution in [1.29, 1.82) is 0 Å². The van der Waals surface area contributed by atoms with Crippen LogP contribution in [0.2, 0.25) is 0 Å². The molecule has 1 aliphatic rings. The molecule has 0 fully saturated rings. The molecule has 0 saturated carbocycles. The summed E-state index contributed by atoms with van der Waals surface area (Å²) in [5, 5.41) is 18.9. The van der Waals surface area contributed by atoms with Gasteiger partial charge in [0.25, 0.3) is 6.17 Å². The predicted molar refractivity (Wildman–Crippen MR) is 108 cm³/mol. The van der Waals surface area contributed by atoms with Crippen LogP contribution in [0, 0.1) is 0 Å². The van der Waals surface area contributed by atoms with Gasteiger partial charge in [0.05, 0.1) is 18.4 Å². The molecular formula is C20H21N4O3S+. The summed E-state index contributed by atoms with van der Waals surface area (Å²) in [5.74, 6) is 1.29. The molecule has 2 heterocycles. The highest BCUT2D eigenvalue weighted by Crippen LogP contribution is 2.34. The molecule has 4 rings (SSSR count). The van der Waals surface area contributed by atoms with Crippen LogP contribution in [0.3, 0.4) is 0 Å². The van der Waals surface area contributed by atoms with E-state index in [0.717, 1.165) is 29.0 Å². The lowest BCUT2D eigenvalue weighted by atomic mass is 10.0. The van der Waals surface area contributed by atoms with Crippen molar-refractivity contribution in [2.24, 2.45) is 0 Å². The van der Waals surface area contributed by atoms with E-state index < -0.39 is 6.17 Å². The van der Waals surface area contributed by atoms with Crippen molar-refractivity contribution in [3.63, 3.8) is 0 Å². The third-order valence-corrected chi connectivity index (χ3v) is 5.61. The first kappa shape index (κ1) is 18.4. The van der Waals surface area contributed by atoms with E-state index in [-0.39, 0.29) is 11.3 Å². The molecule has 0 amide bonds. The number of phenolic OH excluding ortho intramolecular Hbond substituents is 1. The minimum Gasteiger partial charge on any atom is -0.504 e. The van der Waals surface area contributed by atoms with Crippen molar-refractivity contribution in [2.45, 2.75) is 24.7 Å². The highest BCUT2D eigenvalue weighted by atomic mass is 32.2. The number of aromatic nitrogens is 3. The highest BCUT2D eigenvalue weighted by Gasteiger charge is 2.37. The maximum Gasteiger partial charge on any atom is 0.325 e. The molecule has 1 aromatic heterocycles. The molecule has 0 bridgehead atoms. The number of phenols is 1. The van der Waals surface area contributed by atoms with Gasteiger partial charge in [0.1, 0.15) is 0 Å². The molecule has 1 aliphatic heterocycles.